The van der Waals surface area contributed by atoms with Gasteiger partial charge in [-0.25, -0.2) is 14.4 Å². The minimum absolute atomic E-state index is 0.0999. The zero-order chi connectivity index (χ0) is 20.5. The van der Waals surface area contributed by atoms with Gasteiger partial charge in [0, 0.05) is 35.7 Å². The van der Waals surface area contributed by atoms with Crippen LogP contribution in [0.4, 0.5) is 10.1 Å². The summed E-state index contributed by atoms with van der Waals surface area (Å²) in [5, 5.41) is 21.7. The molecule has 0 spiro atoms. The number of carbonyl (C=O) groups excluding carboxylic acids is 1. The number of alkyl halides is 1. The molecule has 0 unspecified atom stereocenters. The predicted molar refractivity (Wildman–Crippen MR) is 102 cm³/mol. The molecular formula is C19H19FN6O2. The van der Waals surface area contributed by atoms with Gasteiger partial charge in [0.2, 0.25) is 0 Å². The molecule has 0 bridgehead atoms. The van der Waals surface area contributed by atoms with Gasteiger partial charge in [-0.1, -0.05) is 0 Å². The largest absolute Gasteiger partial charge is 0.398 e. The van der Waals surface area contributed by atoms with Crippen LogP contribution in [-0.2, 0) is 0 Å². The van der Waals surface area contributed by atoms with Gasteiger partial charge in [-0.05, 0) is 26.0 Å². The molecule has 4 N–H and O–H groups in total. The van der Waals surface area contributed by atoms with Gasteiger partial charge in [-0.15, -0.1) is 0 Å². The van der Waals surface area contributed by atoms with Crippen LogP contribution in [-0.4, -0.2) is 43.9 Å². The Labute approximate surface area is 160 Å². The number of aromatic nitrogens is 3. The molecule has 3 aromatic heterocycles. The van der Waals surface area contributed by atoms with E-state index < -0.39 is 17.7 Å². The maximum atomic E-state index is 13.8. The van der Waals surface area contributed by atoms with Crippen LogP contribution < -0.4 is 11.1 Å². The summed E-state index contributed by atoms with van der Waals surface area (Å²) in [6.07, 6.45) is 2.87. The molecule has 0 saturated carbocycles. The highest BCUT2D eigenvalue weighted by atomic mass is 19.1. The standard InChI is InChI=1S/C19H19FN6O2/c1-19(2,28)15(20)10-25-18(27)13-9-23-16(6-14(13)22)26-4-3-12-5-11(7-21)8-24-17(12)26/h3-6,8-9,15,28H,10H2,1-2H3,(H2,22,23)(H,25,27)/t15-/m1/s1. The number of nitrogens with zero attached hydrogens (tertiary/aromatic N) is 4. The average molecular weight is 382 g/mol. The zero-order valence-corrected chi connectivity index (χ0v) is 15.3. The molecule has 8 nitrogen and oxygen atoms in total. The Morgan fingerprint density at radius 3 is 2.82 bits per heavy atom. The van der Waals surface area contributed by atoms with Gasteiger partial charge in [0.25, 0.3) is 5.91 Å². The Balaban J connectivity index is 1.83. The molecule has 3 rings (SSSR count). The van der Waals surface area contributed by atoms with Crippen LogP contribution in [0.1, 0.15) is 29.8 Å². The molecule has 3 heterocycles. The van der Waals surface area contributed by atoms with Gasteiger partial charge in [0.1, 0.15) is 23.7 Å². The van der Waals surface area contributed by atoms with Crippen LogP contribution in [0.3, 0.4) is 0 Å². The van der Waals surface area contributed by atoms with Gasteiger partial charge in [-0.2, -0.15) is 5.26 Å². The number of hydrogen-bond acceptors (Lipinski definition) is 6. The highest BCUT2D eigenvalue weighted by molar-refractivity contribution is 5.99. The second-order valence-corrected chi connectivity index (χ2v) is 6.90. The number of nitriles is 1. The summed E-state index contributed by atoms with van der Waals surface area (Å²) >= 11 is 0. The van der Waals surface area contributed by atoms with E-state index in [1.165, 1.54) is 32.3 Å². The predicted octanol–water partition coefficient (Wildman–Crippen LogP) is 1.71. The molecule has 1 atom stereocenters. The van der Waals surface area contributed by atoms with E-state index in [4.69, 9.17) is 11.0 Å². The van der Waals surface area contributed by atoms with E-state index in [0.29, 0.717) is 17.0 Å². The van der Waals surface area contributed by atoms with Crippen LogP contribution >= 0.6 is 0 Å². The summed E-state index contributed by atoms with van der Waals surface area (Å²) in [5.74, 6) is -0.140. The fourth-order valence-corrected chi connectivity index (χ4v) is 2.58. The van der Waals surface area contributed by atoms with E-state index in [9.17, 15) is 14.3 Å². The molecule has 0 aliphatic carbocycles. The molecule has 0 aromatic carbocycles. The van der Waals surface area contributed by atoms with Crippen molar-refractivity contribution in [3.05, 3.63) is 47.9 Å². The molecule has 0 saturated heterocycles. The molecule has 0 aliphatic rings. The van der Waals surface area contributed by atoms with Crippen molar-refractivity contribution in [3.63, 3.8) is 0 Å². The number of halogens is 1. The first-order chi connectivity index (χ1) is 13.2. The fraction of sp³-hybridized carbons (Fsp3) is 0.263. The number of fused-ring (bicyclic) bond motifs is 1. The lowest BCUT2D eigenvalue weighted by Gasteiger charge is -2.22. The van der Waals surface area contributed by atoms with Crippen molar-refractivity contribution in [1.82, 2.24) is 19.9 Å². The number of nitrogens with two attached hydrogens (primary N) is 1. The summed E-state index contributed by atoms with van der Waals surface area (Å²) in [7, 11) is 0. The number of nitrogen functional groups attached to an aromatic ring is 1. The molecule has 3 aromatic rings. The van der Waals surface area contributed by atoms with Gasteiger partial charge in [-0.3, -0.25) is 9.36 Å². The van der Waals surface area contributed by atoms with Crippen molar-refractivity contribution < 1.29 is 14.3 Å². The Kier molecular flexibility index (Phi) is 4.98. The van der Waals surface area contributed by atoms with E-state index in [-0.39, 0.29) is 17.8 Å². The third kappa shape index (κ3) is 3.77. The third-order valence-corrected chi connectivity index (χ3v) is 4.28. The Morgan fingerprint density at radius 2 is 2.18 bits per heavy atom. The lowest BCUT2D eigenvalue weighted by molar-refractivity contribution is -0.00177. The maximum Gasteiger partial charge on any atom is 0.255 e. The summed E-state index contributed by atoms with van der Waals surface area (Å²) in [5.41, 5.74) is 5.73. The molecule has 1 amide bonds. The van der Waals surface area contributed by atoms with Crippen molar-refractivity contribution in [2.45, 2.75) is 25.6 Å². The topological polar surface area (TPSA) is 130 Å². The molecule has 0 fully saturated rings. The number of carbonyl (C=O) groups is 1. The first-order valence-corrected chi connectivity index (χ1v) is 8.48. The van der Waals surface area contributed by atoms with E-state index in [1.807, 2.05) is 6.07 Å². The van der Waals surface area contributed by atoms with Crippen molar-refractivity contribution >= 4 is 22.6 Å². The van der Waals surface area contributed by atoms with E-state index in [0.717, 1.165) is 5.39 Å². The number of hydrogen-bond donors (Lipinski definition) is 3. The minimum atomic E-state index is -1.62. The SMILES string of the molecule is CC(C)(O)[C@H](F)CNC(=O)c1cnc(-n2ccc3cc(C#N)cnc32)cc1N. The van der Waals surface area contributed by atoms with Crippen LogP contribution in [0.15, 0.2) is 36.8 Å². The van der Waals surface area contributed by atoms with Gasteiger partial charge in [0.05, 0.1) is 23.3 Å². The Bertz CT molecular complexity index is 1080. The van der Waals surface area contributed by atoms with Gasteiger partial charge < -0.3 is 16.2 Å². The van der Waals surface area contributed by atoms with Crippen molar-refractivity contribution in [3.8, 4) is 11.9 Å². The zero-order valence-electron chi connectivity index (χ0n) is 15.3. The van der Waals surface area contributed by atoms with Crippen molar-refractivity contribution in [2.75, 3.05) is 12.3 Å². The summed E-state index contributed by atoms with van der Waals surface area (Å²) in [6.45, 7) is 2.30. The van der Waals surface area contributed by atoms with Gasteiger partial charge in [0.15, 0.2) is 0 Å². The summed E-state index contributed by atoms with van der Waals surface area (Å²) < 4.78 is 15.5. The number of pyridine rings is 2. The second-order valence-electron chi connectivity index (χ2n) is 6.90. The average Bonchev–Trinajstić information content (AvgIpc) is 3.07. The third-order valence-electron chi connectivity index (χ3n) is 4.28. The molecule has 0 aliphatic heterocycles. The summed E-state index contributed by atoms with van der Waals surface area (Å²) in [4.78, 5) is 20.8. The normalized spacial score (nSPS) is 12.5. The van der Waals surface area contributed by atoms with Crippen LogP contribution in [0.5, 0.6) is 0 Å². The molecule has 28 heavy (non-hydrogen) atoms. The first-order valence-electron chi connectivity index (χ1n) is 8.48. The maximum absolute atomic E-state index is 13.8. The minimum Gasteiger partial charge on any atom is -0.398 e. The summed E-state index contributed by atoms with van der Waals surface area (Å²) in [6, 6.07) is 7.04. The highest BCUT2D eigenvalue weighted by Gasteiger charge is 2.27. The molecular weight excluding hydrogens is 363 g/mol. The Hall–Kier alpha value is -3.51. The monoisotopic (exact) mass is 382 g/mol. The number of anilines is 1. The van der Waals surface area contributed by atoms with Crippen LogP contribution in [0.2, 0.25) is 0 Å². The van der Waals surface area contributed by atoms with Crippen molar-refractivity contribution in [1.29, 1.82) is 5.26 Å². The lowest BCUT2D eigenvalue weighted by atomic mass is 10.0. The van der Waals surface area contributed by atoms with E-state index in [2.05, 4.69) is 15.3 Å². The number of nitrogens with one attached hydrogen (secondary N) is 1. The van der Waals surface area contributed by atoms with Crippen molar-refractivity contribution in [2.24, 2.45) is 0 Å². The smallest absolute Gasteiger partial charge is 0.255 e. The first kappa shape index (κ1) is 19.3. The van der Waals surface area contributed by atoms with E-state index in [1.54, 1.807) is 22.9 Å². The van der Waals surface area contributed by atoms with Crippen LogP contribution in [0.25, 0.3) is 16.9 Å². The quantitative estimate of drug-likeness (QED) is 0.616. The molecule has 9 heteroatoms. The lowest BCUT2D eigenvalue weighted by Crippen LogP contribution is -2.42. The highest BCUT2D eigenvalue weighted by Crippen LogP contribution is 2.21. The number of rotatable bonds is 5. The second kappa shape index (κ2) is 7.25. The molecule has 144 valence electrons. The molecule has 0 radical (unpaired) electrons. The van der Waals surface area contributed by atoms with Crippen LogP contribution in [0, 0.1) is 11.3 Å². The van der Waals surface area contributed by atoms with Gasteiger partial charge >= 0.3 is 0 Å². The number of amides is 1. The Morgan fingerprint density at radius 1 is 1.43 bits per heavy atom. The fourth-order valence-electron chi connectivity index (χ4n) is 2.58. The van der Waals surface area contributed by atoms with E-state index >= 15 is 0 Å². The number of aliphatic hydroxyl groups is 1.